The quantitative estimate of drug-likeness (QED) is 0.144. The van der Waals surface area contributed by atoms with Crippen LogP contribution in [0.4, 0.5) is 0 Å². The molecular weight excluding hydrogens is 550 g/mol. The standard InChI is InChI=1S/C34H44O5P2/c1-5-7-13-26-21-28(35-3)23-30-31-24-29(36-4)22-27(14-8-6-2)34(31)39-41(38-33(26)30)37-18-20-40-19-12-17-32(40)25-15-10-9-11-16-25/h9-11,15-16,21-24,32H,5-8,12-14,17-20H2,1-4H3. The molecule has 2 atom stereocenters. The Hall–Kier alpha value is -2.45. The van der Waals surface area contributed by atoms with Crippen molar-refractivity contribution in [2.45, 2.75) is 70.9 Å². The predicted octanol–water partition coefficient (Wildman–Crippen LogP) is 10.4. The molecule has 0 amide bonds. The smallest absolute Gasteiger partial charge is 0.387 e. The second-order valence-corrected chi connectivity index (χ2v) is 14.6. The lowest BCUT2D eigenvalue weighted by atomic mass is 10.00. The van der Waals surface area contributed by atoms with E-state index in [1.165, 1.54) is 24.6 Å². The van der Waals surface area contributed by atoms with Crippen molar-refractivity contribution in [3.05, 3.63) is 71.3 Å². The summed E-state index contributed by atoms with van der Waals surface area (Å²) in [5.41, 5.74) is 6.13. The molecule has 0 radical (unpaired) electrons. The monoisotopic (exact) mass is 594 g/mol. The molecule has 0 bridgehead atoms. The lowest BCUT2D eigenvalue weighted by Gasteiger charge is -2.20. The van der Waals surface area contributed by atoms with Crippen molar-refractivity contribution < 1.29 is 22.4 Å². The number of ether oxygens (including phenoxy) is 2. The van der Waals surface area contributed by atoms with Gasteiger partial charge >= 0.3 is 8.24 Å². The number of methoxy groups -OCH3 is 2. The number of fused-ring (bicyclic) bond motifs is 3. The van der Waals surface area contributed by atoms with Crippen molar-refractivity contribution in [1.29, 1.82) is 0 Å². The average Bonchev–Trinajstić information content (AvgIpc) is 3.42. The molecule has 2 heterocycles. The average molecular weight is 595 g/mol. The molecule has 0 aliphatic carbocycles. The lowest BCUT2D eigenvalue weighted by Crippen LogP contribution is -2.03. The lowest BCUT2D eigenvalue weighted by molar-refractivity contribution is 0.394. The summed E-state index contributed by atoms with van der Waals surface area (Å²) in [7, 11) is 1.70. The third-order valence-corrected chi connectivity index (χ3v) is 12.2. The van der Waals surface area contributed by atoms with Gasteiger partial charge in [-0.2, -0.15) is 0 Å². The van der Waals surface area contributed by atoms with E-state index in [4.69, 9.17) is 22.4 Å². The fraction of sp³-hybridized carbons (Fsp3) is 0.471. The minimum absolute atomic E-state index is 0.124. The molecule has 220 valence electrons. The van der Waals surface area contributed by atoms with Gasteiger partial charge in [0.15, 0.2) is 0 Å². The Morgan fingerprint density at radius 1 is 0.805 bits per heavy atom. The molecule has 1 saturated heterocycles. The number of rotatable bonds is 13. The van der Waals surface area contributed by atoms with Crippen molar-refractivity contribution >= 4 is 38.1 Å². The van der Waals surface area contributed by atoms with Crippen LogP contribution in [0.3, 0.4) is 0 Å². The zero-order valence-corrected chi connectivity index (χ0v) is 26.8. The number of aryl methyl sites for hydroxylation is 2. The first-order valence-corrected chi connectivity index (χ1v) is 18.0. The highest BCUT2D eigenvalue weighted by atomic mass is 31.1. The van der Waals surface area contributed by atoms with Gasteiger partial charge in [0.2, 0.25) is 0 Å². The van der Waals surface area contributed by atoms with Crippen LogP contribution >= 0.6 is 16.2 Å². The maximum Gasteiger partial charge on any atom is 0.387 e. The van der Waals surface area contributed by atoms with Gasteiger partial charge in [-0.05, 0) is 91.8 Å². The van der Waals surface area contributed by atoms with Crippen molar-refractivity contribution in [3.8, 4) is 11.5 Å². The summed E-state index contributed by atoms with van der Waals surface area (Å²) in [6, 6.07) is 19.4. The fourth-order valence-corrected chi connectivity index (χ4v) is 10.0. The van der Waals surface area contributed by atoms with Gasteiger partial charge in [-0.15, -0.1) is 0 Å². The maximum atomic E-state index is 6.71. The first-order valence-electron chi connectivity index (χ1n) is 15.1. The van der Waals surface area contributed by atoms with Crippen molar-refractivity contribution in [2.75, 3.05) is 33.2 Å². The maximum absolute atomic E-state index is 6.71. The van der Waals surface area contributed by atoms with Crippen LogP contribution in [0.5, 0.6) is 11.5 Å². The number of hydrogen-bond acceptors (Lipinski definition) is 5. The molecular formula is C34H44O5P2. The molecule has 1 aliphatic rings. The first-order chi connectivity index (χ1) is 20.1. The van der Waals surface area contributed by atoms with Crippen LogP contribution in [0.2, 0.25) is 0 Å². The second-order valence-electron chi connectivity index (χ2n) is 10.9. The molecule has 4 aromatic rings. The molecule has 5 rings (SSSR count). The van der Waals surface area contributed by atoms with E-state index in [1.54, 1.807) is 14.2 Å². The Labute approximate surface area is 246 Å². The second kappa shape index (κ2) is 14.6. The molecule has 3 aromatic carbocycles. The topological polar surface area (TPSA) is 54.0 Å². The summed E-state index contributed by atoms with van der Waals surface area (Å²) in [6.45, 7) is 5.07. The summed E-state index contributed by atoms with van der Waals surface area (Å²) >= 11 is 0. The van der Waals surface area contributed by atoms with E-state index >= 15 is 0 Å². The highest BCUT2D eigenvalue weighted by Crippen LogP contribution is 2.59. The zero-order valence-electron chi connectivity index (χ0n) is 25.0. The van der Waals surface area contributed by atoms with Gasteiger partial charge in [0.1, 0.15) is 22.7 Å². The Bertz CT molecular complexity index is 1390. The van der Waals surface area contributed by atoms with Gasteiger partial charge in [0.05, 0.1) is 20.8 Å². The van der Waals surface area contributed by atoms with Gasteiger partial charge in [0, 0.05) is 16.4 Å². The first kappa shape index (κ1) is 30.0. The molecule has 1 aromatic heterocycles. The van der Waals surface area contributed by atoms with E-state index in [2.05, 4.69) is 68.4 Å². The third kappa shape index (κ3) is 7.14. The van der Waals surface area contributed by atoms with E-state index in [0.29, 0.717) is 12.3 Å². The molecule has 1 fully saturated rings. The van der Waals surface area contributed by atoms with E-state index in [-0.39, 0.29) is 7.92 Å². The number of hydrogen-bond donors (Lipinski definition) is 0. The van der Waals surface area contributed by atoms with Gasteiger partial charge < -0.3 is 17.9 Å². The minimum atomic E-state index is -1.62. The molecule has 1 aliphatic heterocycles. The van der Waals surface area contributed by atoms with Crippen LogP contribution in [0, 0.1) is 0 Å². The summed E-state index contributed by atoms with van der Waals surface area (Å²) in [5.74, 6) is 1.65. The van der Waals surface area contributed by atoms with Gasteiger partial charge in [-0.3, -0.25) is 4.52 Å². The van der Waals surface area contributed by atoms with Crippen LogP contribution < -0.4 is 14.0 Å². The van der Waals surface area contributed by atoms with Crippen LogP contribution in [0.1, 0.15) is 74.7 Å². The Morgan fingerprint density at radius 3 is 1.93 bits per heavy atom. The van der Waals surface area contributed by atoms with E-state index in [0.717, 1.165) is 89.3 Å². The summed E-state index contributed by atoms with van der Waals surface area (Å²) in [4.78, 5) is 0. The van der Waals surface area contributed by atoms with Crippen LogP contribution in [-0.4, -0.2) is 33.2 Å². The van der Waals surface area contributed by atoms with E-state index < -0.39 is 8.24 Å². The van der Waals surface area contributed by atoms with Gasteiger partial charge in [0.25, 0.3) is 0 Å². The van der Waals surface area contributed by atoms with Crippen molar-refractivity contribution in [2.24, 2.45) is 0 Å². The molecule has 0 saturated carbocycles. The third-order valence-electron chi connectivity index (χ3n) is 8.09. The van der Waals surface area contributed by atoms with Crippen molar-refractivity contribution in [1.82, 2.24) is 0 Å². The van der Waals surface area contributed by atoms with Crippen molar-refractivity contribution in [3.63, 3.8) is 0 Å². The van der Waals surface area contributed by atoms with Crippen LogP contribution in [0.15, 0.2) is 63.0 Å². The summed E-state index contributed by atoms with van der Waals surface area (Å²) in [6.07, 6.45) is 11.1. The molecule has 41 heavy (non-hydrogen) atoms. The predicted molar refractivity (Wildman–Crippen MR) is 173 cm³/mol. The molecule has 0 N–H and O–H groups in total. The molecule has 5 nitrogen and oxygen atoms in total. The van der Waals surface area contributed by atoms with Gasteiger partial charge in [-0.1, -0.05) is 64.9 Å². The van der Waals surface area contributed by atoms with Gasteiger partial charge in [-0.25, -0.2) is 0 Å². The fourth-order valence-electron chi connectivity index (χ4n) is 5.88. The largest absolute Gasteiger partial charge is 0.497 e. The summed E-state index contributed by atoms with van der Waals surface area (Å²) < 4.78 is 31.4. The van der Waals surface area contributed by atoms with Crippen LogP contribution in [0.25, 0.3) is 21.9 Å². The van der Waals surface area contributed by atoms with E-state index in [1.807, 2.05) is 0 Å². The molecule has 7 heteroatoms. The normalized spacial score (nSPS) is 16.9. The number of benzene rings is 3. The Morgan fingerprint density at radius 2 is 1.39 bits per heavy atom. The van der Waals surface area contributed by atoms with Crippen LogP contribution in [-0.2, 0) is 12.8 Å². The highest BCUT2D eigenvalue weighted by Gasteiger charge is 2.28. The SMILES string of the molecule is CCCCc1cc(OC)cc2c1op(OCCP1CCCC1c1ccccc1)oc1c(CCCC)cc(OC)cc12. The highest BCUT2D eigenvalue weighted by molar-refractivity contribution is 7.58. The zero-order chi connectivity index (χ0) is 28.6. The molecule has 0 spiro atoms. The Balaban J connectivity index is 1.57. The molecule has 2 unspecified atom stereocenters. The number of unbranched alkanes of at least 4 members (excludes halogenated alkanes) is 2. The van der Waals surface area contributed by atoms with E-state index in [9.17, 15) is 0 Å². The minimum Gasteiger partial charge on any atom is -0.497 e. The Kier molecular flexibility index (Phi) is 10.7. The summed E-state index contributed by atoms with van der Waals surface area (Å²) in [5, 5.41) is 1.97.